The highest BCUT2D eigenvalue weighted by molar-refractivity contribution is 7.99. The number of likely N-dealkylation sites (N-methyl/N-ethyl adjacent to an activating group) is 1. The molecule has 0 spiro atoms. The second-order valence-electron chi connectivity index (χ2n) is 6.64. The average molecular weight is 348 g/mol. The first kappa shape index (κ1) is 17.8. The van der Waals surface area contributed by atoms with Gasteiger partial charge in [0.1, 0.15) is 0 Å². The van der Waals surface area contributed by atoms with Gasteiger partial charge in [0.15, 0.2) is 0 Å². The minimum atomic E-state index is 0.191. The molecule has 1 aromatic carbocycles. The van der Waals surface area contributed by atoms with Crippen LogP contribution in [0.4, 0.5) is 0 Å². The van der Waals surface area contributed by atoms with Gasteiger partial charge in [0.2, 0.25) is 5.91 Å². The van der Waals surface area contributed by atoms with Gasteiger partial charge in [-0.05, 0) is 29.8 Å². The lowest BCUT2D eigenvalue weighted by Gasteiger charge is -2.33. The third kappa shape index (κ3) is 4.74. The predicted octanol–water partition coefficient (Wildman–Crippen LogP) is 2.16. The maximum atomic E-state index is 12.2. The molecule has 0 radical (unpaired) electrons. The van der Waals surface area contributed by atoms with Gasteiger partial charge in [-0.3, -0.25) is 4.79 Å². The fraction of sp³-hybridized carbons (Fsp3) is 0.632. The third-order valence-electron chi connectivity index (χ3n) is 5.14. The lowest BCUT2D eigenvalue weighted by atomic mass is 10.0. The molecule has 0 aliphatic carbocycles. The molecule has 4 nitrogen and oxygen atoms in total. The number of carbonyl (C=O) groups is 1. The topological polar surface area (TPSA) is 35.6 Å². The smallest absolute Gasteiger partial charge is 0.221 e. The van der Waals surface area contributed by atoms with Crippen LogP contribution >= 0.6 is 11.8 Å². The van der Waals surface area contributed by atoms with Gasteiger partial charge in [0.25, 0.3) is 0 Å². The van der Waals surface area contributed by atoms with E-state index in [0.717, 1.165) is 58.0 Å². The van der Waals surface area contributed by atoms with E-state index in [4.69, 9.17) is 0 Å². The second kappa shape index (κ2) is 8.88. The lowest BCUT2D eigenvalue weighted by Crippen LogP contribution is -2.47. The fourth-order valence-corrected chi connectivity index (χ4v) is 4.76. The first-order chi connectivity index (χ1) is 11.8. The highest BCUT2D eigenvalue weighted by Crippen LogP contribution is 2.35. The number of piperazine rings is 1. The van der Waals surface area contributed by atoms with Crippen LogP contribution in [-0.4, -0.2) is 67.3 Å². The Kier molecular flexibility index (Phi) is 6.58. The lowest BCUT2D eigenvalue weighted by molar-refractivity contribution is -0.121. The summed E-state index contributed by atoms with van der Waals surface area (Å²) < 4.78 is 0. The van der Waals surface area contributed by atoms with Crippen molar-refractivity contribution in [3.63, 3.8) is 0 Å². The molecule has 1 aromatic rings. The van der Waals surface area contributed by atoms with Crippen molar-refractivity contribution in [1.82, 2.24) is 15.1 Å². The molecular weight excluding hydrogens is 318 g/mol. The highest BCUT2D eigenvalue weighted by Gasteiger charge is 2.21. The van der Waals surface area contributed by atoms with E-state index in [1.807, 2.05) is 11.8 Å². The summed E-state index contributed by atoms with van der Waals surface area (Å²) in [5, 5.41) is 3.57. The molecule has 0 aromatic heterocycles. The number of thioether (sulfide) groups is 1. The Balaban J connectivity index is 1.39. The van der Waals surface area contributed by atoms with E-state index in [-0.39, 0.29) is 5.91 Å². The third-order valence-corrected chi connectivity index (χ3v) is 6.41. The molecule has 0 bridgehead atoms. The molecule has 1 atom stereocenters. The van der Waals surface area contributed by atoms with Crippen LogP contribution in [0.3, 0.4) is 0 Å². The van der Waals surface area contributed by atoms with Crippen LogP contribution < -0.4 is 5.32 Å². The first-order valence-electron chi connectivity index (χ1n) is 9.17. The summed E-state index contributed by atoms with van der Waals surface area (Å²) in [6.45, 7) is 9.43. The van der Waals surface area contributed by atoms with Gasteiger partial charge in [-0.2, -0.15) is 11.8 Å². The van der Waals surface area contributed by atoms with Gasteiger partial charge < -0.3 is 15.1 Å². The highest BCUT2D eigenvalue weighted by atomic mass is 32.2. The van der Waals surface area contributed by atoms with Gasteiger partial charge in [0, 0.05) is 50.9 Å². The molecule has 2 heterocycles. The number of fused-ring (bicyclic) bond motifs is 1. The van der Waals surface area contributed by atoms with Crippen LogP contribution in [0.2, 0.25) is 0 Å². The Morgan fingerprint density at radius 1 is 1.21 bits per heavy atom. The van der Waals surface area contributed by atoms with E-state index < -0.39 is 0 Å². The summed E-state index contributed by atoms with van der Waals surface area (Å²) >= 11 is 1.97. The Morgan fingerprint density at radius 3 is 2.75 bits per heavy atom. The molecule has 1 amide bonds. The maximum absolute atomic E-state index is 12.2. The van der Waals surface area contributed by atoms with Crippen molar-refractivity contribution in [3.8, 4) is 0 Å². The second-order valence-corrected chi connectivity index (χ2v) is 7.95. The Labute approximate surface area is 150 Å². The number of hydrogen-bond acceptors (Lipinski definition) is 4. The number of nitrogens with one attached hydrogen (secondary N) is 1. The maximum Gasteiger partial charge on any atom is 0.221 e. The molecule has 2 aliphatic rings. The van der Waals surface area contributed by atoms with Gasteiger partial charge in [0.05, 0.1) is 0 Å². The minimum absolute atomic E-state index is 0.191. The molecular formula is C19H29N3OS. The zero-order valence-corrected chi connectivity index (χ0v) is 15.5. The molecule has 5 heteroatoms. The largest absolute Gasteiger partial charge is 0.355 e. The van der Waals surface area contributed by atoms with E-state index in [9.17, 15) is 4.79 Å². The van der Waals surface area contributed by atoms with Crippen molar-refractivity contribution in [3.05, 3.63) is 35.4 Å². The zero-order chi connectivity index (χ0) is 16.8. The summed E-state index contributed by atoms with van der Waals surface area (Å²) in [5.74, 6) is 1.34. The Bertz CT molecular complexity index is 543. The molecule has 1 saturated heterocycles. The van der Waals surface area contributed by atoms with Crippen LogP contribution in [0, 0.1) is 0 Å². The number of nitrogens with zero attached hydrogens (tertiary/aromatic N) is 2. The summed E-state index contributed by atoms with van der Waals surface area (Å²) in [6, 6.07) is 8.66. The average Bonchev–Trinajstić information content (AvgIpc) is 2.65. The fourth-order valence-electron chi connectivity index (χ4n) is 3.53. The van der Waals surface area contributed by atoms with Crippen molar-refractivity contribution >= 4 is 17.7 Å². The summed E-state index contributed by atoms with van der Waals surface area (Å²) in [5.41, 5.74) is 2.86. The number of carbonyl (C=O) groups excluding carboxylic acids is 1. The van der Waals surface area contributed by atoms with E-state index in [2.05, 4.69) is 46.3 Å². The van der Waals surface area contributed by atoms with Gasteiger partial charge in [-0.25, -0.2) is 0 Å². The predicted molar refractivity (Wildman–Crippen MR) is 102 cm³/mol. The summed E-state index contributed by atoms with van der Waals surface area (Å²) in [4.78, 5) is 17.1. The quantitative estimate of drug-likeness (QED) is 0.855. The van der Waals surface area contributed by atoms with Crippen LogP contribution in [0.1, 0.15) is 29.7 Å². The number of hydrogen-bond donors (Lipinski definition) is 1. The number of rotatable bonds is 6. The summed E-state index contributed by atoms with van der Waals surface area (Å²) in [7, 11) is 0. The van der Waals surface area contributed by atoms with Gasteiger partial charge in [-0.15, -0.1) is 0 Å². The van der Waals surface area contributed by atoms with E-state index in [0.29, 0.717) is 11.7 Å². The normalized spacial score (nSPS) is 22.1. The Morgan fingerprint density at radius 2 is 1.96 bits per heavy atom. The molecule has 0 unspecified atom stereocenters. The Hall–Kier alpha value is -1.04. The molecule has 1 N–H and O–H groups in total. The van der Waals surface area contributed by atoms with Crippen LogP contribution in [0.15, 0.2) is 24.3 Å². The number of benzene rings is 1. The van der Waals surface area contributed by atoms with Crippen molar-refractivity contribution in [2.24, 2.45) is 0 Å². The van der Waals surface area contributed by atoms with Crippen molar-refractivity contribution in [2.45, 2.75) is 25.0 Å². The molecule has 2 aliphatic heterocycles. The van der Waals surface area contributed by atoms with E-state index >= 15 is 0 Å². The monoisotopic (exact) mass is 347 g/mol. The van der Waals surface area contributed by atoms with E-state index in [1.165, 1.54) is 11.1 Å². The molecule has 0 saturated carbocycles. The van der Waals surface area contributed by atoms with Crippen molar-refractivity contribution in [2.75, 3.05) is 51.6 Å². The molecule has 1 fully saturated rings. The SMILES string of the molecule is CCN1CCN(CCC(=O)NC[C@@H]2SCCc3ccccc32)CC1. The van der Waals surface area contributed by atoms with Gasteiger partial charge in [-0.1, -0.05) is 31.2 Å². The standard InChI is InChI=1S/C19H29N3OS/c1-2-21-10-12-22(13-11-21)9-7-19(23)20-15-18-17-6-4-3-5-16(17)8-14-24-18/h3-6,18H,2,7-15H2,1H3,(H,20,23)/t18-/m0/s1. The first-order valence-corrected chi connectivity index (χ1v) is 10.2. The molecule has 24 heavy (non-hydrogen) atoms. The summed E-state index contributed by atoms with van der Waals surface area (Å²) in [6.07, 6.45) is 1.76. The molecule has 3 rings (SSSR count). The zero-order valence-electron chi connectivity index (χ0n) is 14.7. The van der Waals surface area contributed by atoms with Crippen LogP contribution in [-0.2, 0) is 11.2 Å². The van der Waals surface area contributed by atoms with Gasteiger partial charge >= 0.3 is 0 Å². The van der Waals surface area contributed by atoms with E-state index in [1.54, 1.807) is 0 Å². The number of amides is 1. The molecule has 132 valence electrons. The minimum Gasteiger partial charge on any atom is -0.355 e. The number of aryl methyl sites for hydroxylation is 1. The van der Waals surface area contributed by atoms with Crippen molar-refractivity contribution < 1.29 is 4.79 Å². The van der Waals surface area contributed by atoms with Crippen LogP contribution in [0.25, 0.3) is 0 Å². The van der Waals surface area contributed by atoms with Crippen LogP contribution in [0.5, 0.6) is 0 Å². The van der Waals surface area contributed by atoms with Crippen molar-refractivity contribution in [1.29, 1.82) is 0 Å².